The summed E-state index contributed by atoms with van der Waals surface area (Å²) in [6.07, 6.45) is 1.96. The zero-order valence-corrected chi connectivity index (χ0v) is 12.3. The van der Waals surface area contributed by atoms with E-state index in [1.165, 1.54) is 0 Å². The van der Waals surface area contributed by atoms with Crippen LogP contribution < -0.4 is 0 Å². The minimum absolute atomic E-state index is 0.0110. The molecule has 20 heavy (non-hydrogen) atoms. The largest absolute Gasteiger partial charge is 0.508 e. The quantitative estimate of drug-likeness (QED) is 0.860. The van der Waals surface area contributed by atoms with Crippen LogP contribution in [0.1, 0.15) is 34.6 Å². The van der Waals surface area contributed by atoms with Gasteiger partial charge >= 0.3 is 0 Å². The average molecular weight is 293 g/mol. The summed E-state index contributed by atoms with van der Waals surface area (Å²) in [4.78, 5) is 12.2. The molecule has 0 fully saturated rings. The third kappa shape index (κ3) is 3.20. The van der Waals surface area contributed by atoms with Crippen molar-refractivity contribution in [3.63, 3.8) is 0 Å². The highest BCUT2D eigenvalue weighted by molar-refractivity contribution is 6.34. The molecular formula is C15H17ClN2O2. The van der Waals surface area contributed by atoms with E-state index in [4.69, 9.17) is 11.6 Å². The zero-order valence-electron chi connectivity index (χ0n) is 11.6. The first kappa shape index (κ1) is 14.6. The van der Waals surface area contributed by atoms with Gasteiger partial charge in [0.2, 0.25) is 0 Å². The number of hydrogen-bond acceptors (Lipinski definition) is 3. The van der Waals surface area contributed by atoms with Crippen LogP contribution in [0.2, 0.25) is 5.02 Å². The molecule has 0 bridgehead atoms. The summed E-state index contributed by atoms with van der Waals surface area (Å²) in [5, 5.41) is 13.8. The molecule has 0 aliphatic heterocycles. The number of aryl methyl sites for hydroxylation is 3. The molecule has 0 saturated carbocycles. The van der Waals surface area contributed by atoms with Crippen LogP contribution in [0, 0.1) is 6.92 Å². The lowest BCUT2D eigenvalue weighted by molar-refractivity contribution is 0.0971. The lowest BCUT2D eigenvalue weighted by Crippen LogP contribution is -2.07. The van der Waals surface area contributed by atoms with Crippen molar-refractivity contribution in [1.82, 2.24) is 9.78 Å². The van der Waals surface area contributed by atoms with E-state index < -0.39 is 0 Å². The van der Waals surface area contributed by atoms with E-state index in [9.17, 15) is 9.90 Å². The molecule has 0 aliphatic carbocycles. The second-order valence-corrected chi connectivity index (χ2v) is 5.19. The molecule has 2 aromatic rings. The van der Waals surface area contributed by atoms with Gasteiger partial charge in [0.25, 0.3) is 0 Å². The fourth-order valence-electron chi connectivity index (χ4n) is 2.17. The summed E-state index contributed by atoms with van der Waals surface area (Å²) in [5.74, 6) is 0.263. The molecule has 1 heterocycles. The third-order valence-corrected chi connectivity index (χ3v) is 3.67. The Bertz CT molecular complexity index is 618. The van der Waals surface area contributed by atoms with E-state index in [0.29, 0.717) is 22.8 Å². The highest BCUT2D eigenvalue weighted by atomic mass is 35.5. The topological polar surface area (TPSA) is 55.1 Å². The lowest BCUT2D eigenvalue weighted by atomic mass is 10.1. The number of rotatable bonds is 5. The van der Waals surface area contributed by atoms with Crippen LogP contribution >= 0.6 is 11.6 Å². The number of Topliss-reactive ketones (excluding diaryl/α,β-unsaturated/α-hetero) is 1. The summed E-state index contributed by atoms with van der Waals surface area (Å²) < 4.78 is 1.54. The average Bonchev–Trinajstić information content (AvgIpc) is 2.65. The molecule has 0 atom stereocenters. The van der Waals surface area contributed by atoms with Gasteiger partial charge in [-0.3, -0.25) is 9.48 Å². The standard InChI is InChI=1S/C15H17ClN2O2/c1-10-14(16)15(18(2)17-10)13(20)5-3-4-11-6-8-12(19)9-7-11/h6-9,19H,3-5H2,1-2H3. The number of carbonyl (C=O) groups is 1. The third-order valence-electron chi connectivity index (χ3n) is 3.22. The molecule has 106 valence electrons. The number of benzene rings is 1. The van der Waals surface area contributed by atoms with Crippen LogP contribution in [-0.4, -0.2) is 20.7 Å². The number of carbonyl (C=O) groups excluding carboxylic acids is 1. The molecule has 0 aliphatic rings. The molecule has 0 radical (unpaired) electrons. The number of nitrogens with zero attached hydrogens (tertiary/aromatic N) is 2. The van der Waals surface area contributed by atoms with Crippen LogP contribution in [-0.2, 0) is 13.5 Å². The normalized spacial score (nSPS) is 10.8. The Morgan fingerprint density at radius 1 is 1.35 bits per heavy atom. The van der Waals surface area contributed by atoms with Crippen molar-refractivity contribution in [1.29, 1.82) is 0 Å². The monoisotopic (exact) mass is 292 g/mol. The first-order valence-electron chi connectivity index (χ1n) is 6.49. The number of aromatic nitrogens is 2. The van der Waals surface area contributed by atoms with Crippen LogP contribution in [0.15, 0.2) is 24.3 Å². The van der Waals surface area contributed by atoms with Crippen molar-refractivity contribution < 1.29 is 9.90 Å². The molecule has 0 spiro atoms. The molecule has 1 N–H and O–H groups in total. The number of halogens is 1. The molecule has 2 rings (SSSR count). The minimum Gasteiger partial charge on any atom is -0.508 e. The predicted molar refractivity (Wildman–Crippen MR) is 78.3 cm³/mol. The summed E-state index contributed by atoms with van der Waals surface area (Å²) >= 11 is 6.09. The Balaban J connectivity index is 1.94. The smallest absolute Gasteiger partial charge is 0.182 e. The summed E-state index contributed by atoms with van der Waals surface area (Å²) in [5.41, 5.74) is 2.26. The maximum absolute atomic E-state index is 12.2. The van der Waals surface area contributed by atoms with Crippen molar-refractivity contribution in [2.24, 2.45) is 7.05 Å². The highest BCUT2D eigenvalue weighted by Crippen LogP contribution is 2.21. The Hall–Kier alpha value is -1.81. The van der Waals surface area contributed by atoms with Crippen LogP contribution in [0.3, 0.4) is 0 Å². The van der Waals surface area contributed by atoms with E-state index >= 15 is 0 Å². The summed E-state index contributed by atoms with van der Waals surface area (Å²) in [7, 11) is 1.73. The SMILES string of the molecule is Cc1nn(C)c(C(=O)CCCc2ccc(O)cc2)c1Cl. The predicted octanol–water partition coefficient (Wildman–Crippen LogP) is 3.29. The number of ketones is 1. The number of phenols is 1. The van der Waals surface area contributed by atoms with Gasteiger partial charge in [0.1, 0.15) is 11.4 Å². The molecule has 0 unspecified atom stereocenters. The molecule has 0 amide bonds. The van der Waals surface area contributed by atoms with Gasteiger partial charge in [-0.1, -0.05) is 23.7 Å². The molecule has 1 aromatic carbocycles. The first-order valence-corrected chi connectivity index (χ1v) is 6.87. The van der Waals surface area contributed by atoms with Crippen molar-refractivity contribution in [3.8, 4) is 5.75 Å². The summed E-state index contributed by atoms with van der Waals surface area (Å²) in [6, 6.07) is 7.03. The van der Waals surface area contributed by atoms with Crippen molar-refractivity contribution in [2.75, 3.05) is 0 Å². The first-order chi connectivity index (χ1) is 9.49. The molecule has 1 aromatic heterocycles. The molecule has 4 nitrogen and oxygen atoms in total. The van der Waals surface area contributed by atoms with Gasteiger partial charge in [-0.15, -0.1) is 0 Å². The lowest BCUT2D eigenvalue weighted by Gasteiger charge is -2.03. The van der Waals surface area contributed by atoms with Crippen molar-refractivity contribution >= 4 is 17.4 Å². The second kappa shape index (κ2) is 6.09. The van der Waals surface area contributed by atoms with Crippen LogP contribution in [0.5, 0.6) is 5.75 Å². The van der Waals surface area contributed by atoms with Gasteiger partial charge in [-0.2, -0.15) is 5.10 Å². The van der Waals surface area contributed by atoms with Crippen LogP contribution in [0.25, 0.3) is 0 Å². The Morgan fingerprint density at radius 2 is 2.00 bits per heavy atom. The molecule has 5 heteroatoms. The fourth-order valence-corrected chi connectivity index (χ4v) is 2.43. The minimum atomic E-state index is 0.0110. The van der Waals surface area contributed by atoms with E-state index in [-0.39, 0.29) is 11.5 Å². The second-order valence-electron chi connectivity index (χ2n) is 4.81. The zero-order chi connectivity index (χ0) is 14.7. The maximum atomic E-state index is 12.2. The fraction of sp³-hybridized carbons (Fsp3) is 0.333. The Labute approximate surface area is 123 Å². The molecular weight excluding hydrogens is 276 g/mol. The van der Waals surface area contributed by atoms with E-state index in [1.807, 2.05) is 12.1 Å². The Morgan fingerprint density at radius 3 is 2.55 bits per heavy atom. The van der Waals surface area contributed by atoms with Gasteiger partial charge in [0.15, 0.2) is 5.78 Å². The van der Waals surface area contributed by atoms with Gasteiger partial charge in [0.05, 0.1) is 10.7 Å². The number of phenolic OH excluding ortho intramolecular Hbond substituents is 1. The molecule has 0 saturated heterocycles. The van der Waals surface area contributed by atoms with Gasteiger partial charge in [0, 0.05) is 13.5 Å². The van der Waals surface area contributed by atoms with E-state index in [2.05, 4.69) is 5.10 Å². The maximum Gasteiger partial charge on any atom is 0.182 e. The van der Waals surface area contributed by atoms with Crippen LogP contribution in [0.4, 0.5) is 0 Å². The number of hydrogen-bond donors (Lipinski definition) is 1. The Kier molecular flexibility index (Phi) is 4.45. The van der Waals surface area contributed by atoms with Crippen molar-refractivity contribution in [3.05, 3.63) is 46.2 Å². The number of aromatic hydroxyl groups is 1. The van der Waals surface area contributed by atoms with Gasteiger partial charge in [-0.05, 0) is 37.5 Å². The van der Waals surface area contributed by atoms with E-state index in [0.717, 1.165) is 18.4 Å². The highest BCUT2D eigenvalue weighted by Gasteiger charge is 2.17. The summed E-state index contributed by atoms with van der Waals surface area (Å²) in [6.45, 7) is 1.79. The van der Waals surface area contributed by atoms with Crippen molar-refractivity contribution in [2.45, 2.75) is 26.2 Å². The van der Waals surface area contributed by atoms with E-state index in [1.54, 1.807) is 30.8 Å². The van der Waals surface area contributed by atoms with Gasteiger partial charge < -0.3 is 5.11 Å². The van der Waals surface area contributed by atoms with Gasteiger partial charge in [-0.25, -0.2) is 0 Å².